The standard InChI is InChI=1S/C22H27N3O4/c1-2-29-21(28)22(13-6-10-17-8-4-3-5-9-17)14-7-15-25(16-22)20(27)18-11-12-19(26)24-23-18/h3-5,8-9,11-12H,2,6-7,10,13-16H2,1H3,(H,24,26). The zero-order chi connectivity index (χ0) is 20.7. The molecule has 1 fully saturated rings. The third-order valence-corrected chi connectivity index (χ3v) is 5.43. The molecule has 1 unspecified atom stereocenters. The maximum atomic E-state index is 12.9. The number of nitrogens with zero attached hydrogens (tertiary/aromatic N) is 2. The Morgan fingerprint density at radius 3 is 2.69 bits per heavy atom. The summed E-state index contributed by atoms with van der Waals surface area (Å²) in [6, 6.07) is 12.9. The average molecular weight is 397 g/mol. The van der Waals surface area contributed by atoms with Gasteiger partial charge in [0.15, 0.2) is 0 Å². The van der Waals surface area contributed by atoms with E-state index < -0.39 is 5.41 Å². The van der Waals surface area contributed by atoms with Gasteiger partial charge in [0.05, 0.1) is 12.0 Å². The van der Waals surface area contributed by atoms with Crippen molar-refractivity contribution in [3.05, 3.63) is 64.1 Å². The molecule has 154 valence electrons. The van der Waals surface area contributed by atoms with E-state index in [1.807, 2.05) is 18.2 Å². The van der Waals surface area contributed by atoms with Crippen molar-refractivity contribution < 1.29 is 14.3 Å². The molecule has 7 heteroatoms. The van der Waals surface area contributed by atoms with Crippen molar-refractivity contribution in [3.8, 4) is 0 Å². The molecule has 0 spiro atoms. The Labute approximate surface area is 170 Å². The third-order valence-electron chi connectivity index (χ3n) is 5.43. The van der Waals surface area contributed by atoms with E-state index in [0.717, 1.165) is 19.3 Å². The Kier molecular flexibility index (Phi) is 6.80. The molecule has 1 aromatic heterocycles. The molecular formula is C22H27N3O4. The number of aryl methyl sites for hydroxylation is 1. The van der Waals surface area contributed by atoms with Crippen molar-refractivity contribution in [2.75, 3.05) is 19.7 Å². The first-order valence-electron chi connectivity index (χ1n) is 10.1. The largest absolute Gasteiger partial charge is 0.466 e. The van der Waals surface area contributed by atoms with E-state index in [-0.39, 0.29) is 23.1 Å². The maximum Gasteiger partial charge on any atom is 0.313 e. The molecule has 1 aliphatic heterocycles. The van der Waals surface area contributed by atoms with Crippen LogP contribution in [0.2, 0.25) is 0 Å². The maximum absolute atomic E-state index is 12.9. The van der Waals surface area contributed by atoms with E-state index in [4.69, 9.17) is 4.74 Å². The molecule has 0 bridgehead atoms. The van der Waals surface area contributed by atoms with Crippen molar-refractivity contribution in [1.82, 2.24) is 15.1 Å². The Hall–Kier alpha value is -2.96. The van der Waals surface area contributed by atoms with Crippen LogP contribution in [0.3, 0.4) is 0 Å². The van der Waals surface area contributed by atoms with Gasteiger partial charge in [0.2, 0.25) is 0 Å². The summed E-state index contributed by atoms with van der Waals surface area (Å²) < 4.78 is 5.40. The lowest BCUT2D eigenvalue weighted by atomic mass is 9.75. The Balaban J connectivity index is 1.74. The average Bonchev–Trinajstić information content (AvgIpc) is 2.75. The Morgan fingerprint density at radius 1 is 1.21 bits per heavy atom. The summed E-state index contributed by atoms with van der Waals surface area (Å²) in [6.07, 6.45) is 3.78. The summed E-state index contributed by atoms with van der Waals surface area (Å²) >= 11 is 0. The van der Waals surface area contributed by atoms with Gasteiger partial charge in [-0.2, -0.15) is 5.10 Å². The summed E-state index contributed by atoms with van der Waals surface area (Å²) in [5.41, 5.74) is 0.337. The number of aromatic nitrogens is 2. The molecule has 29 heavy (non-hydrogen) atoms. The number of carbonyl (C=O) groups excluding carboxylic acids is 2. The molecular weight excluding hydrogens is 370 g/mol. The topological polar surface area (TPSA) is 92.4 Å². The number of rotatable bonds is 7. The van der Waals surface area contributed by atoms with Crippen LogP contribution in [0.25, 0.3) is 0 Å². The minimum Gasteiger partial charge on any atom is -0.466 e. The minimum absolute atomic E-state index is 0.175. The summed E-state index contributed by atoms with van der Waals surface area (Å²) in [4.78, 5) is 38.6. The molecule has 1 saturated heterocycles. The van der Waals surface area contributed by atoms with Crippen molar-refractivity contribution in [2.24, 2.45) is 5.41 Å². The van der Waals surface area contributed by atoms with Gasteiger partial charge in [0.25, 0.3) is 11.5 Å². The zero-order valence-electron chi connectivity index (χ0n) is 16.7. The number of likely N-dealkylation sites (tertiary alicyclic amines) is 1. The lowest BCUT2D eigenvalue weighted by molar-refractivity contribution is -0.159. The third kappa shape index (κ3) is 5.10. The lowest BCUT2D eigenvalue weighted by Gasteiger charge is -2.41. The predicted molar refractivity (Wildman–Crippen MR) is 108 cm³/mol. The Morgan fingerprint density at radius 2 is 2.00 bits per heavy atom. The van der Waals surface area contributed by atoms with Crippen LogP contribution in [-0.4, -0.2) is 46.7 Å². The first-order valence-corrected chi connectivity index (χ1v) is 10.1. The van der Waals surface area contributed by atoms with Crippen LogP contribution in [0.4, 0.5) is 0 Å². The van der Waals surface area contributed by atoms with E-state index in [1.165, 1.54) is 17.7 Å². The van der Waals surface area contributed by atoms with Crippen LogP contribution in [0.5, 0.6) is 0 Å². The highest BCUT2D eigenvalue weighted by molar-refractivity contribution is 5.92. The first-order chi connectivity index (χ1) is 14.0. The number of nitrogens with one attached hydrogen (secondary N) is 1. The van der Waals surface area contributed by atoms with Gasteiger partial charge in [-0.15, -0.1) is 0 Å². The molecule has 1 amide bonds. The number of esters is 1. The minimum atomic E-state index is -0.707. The van der Waals surface area contributed by atoms with Crippen molar-refractivity contribution in [2.45, 2.75) is 39.0 Å². The number of hydrogen-bond acceptors (Lipinski definition) is 5. The molecule has 1 N–H and O–H groups in total. The molecule has 2 heterocycles. The molecule has 1 aromatic carbocycles. The van der Waals surface area contributed by atoms with Crippen molar-refractivity contribution >= 4 is 11.9 Å². The molecule has 3 rings (SSSR count). The van der Waals surface area contributed by atoms with Gasteiger partial charge in [-0.25, -0.2) is 5.10 Å². The van der Waals surface area contributed by atoms with Gasteiger partial charge in [-0.1, -0.05) is 30.3 Å². The van der Waals surface area contributed by atoms with Crippen molar-refractivity contribution in [1.29, 1.82) is 0 Å². The number of carbonyl (C=O) groups is 2. The van der Waals surface area contributed by atoms with E-state index in [0.29, 0.717) is 32.5 Å². The number of aromatic amines is 1. The number of H-pyrrole nitrogens is 1. The second-order valence-electron chi connectivity index (χ2n) is 7.48. The number of ether oxygens (including phenoxy) is 1. The van der Waals surface area contributed by atoms with Crippen molar-refractivity contribution in [3.63, 3.8) is 0 Å². The number of benzene rings is 1. The summed E-state index contributed by atoms with van der Waals surface area (Å²) in [5.74, 6) is -0.516. The quantitative estimate of drug-likeness (QED) is 0.725. The molecule has 0 aliphatic carbocycles. The van der Waals surface area contributed by atoms with Gasteiger partial charge in [0, 0.05) is 19.2 Å². The van der Waals surface area contributed by atoms with E-state index in [9.17, 15) is 14.4 Å². The van der Waals surface area contributed by atoms with Gasteiger partial charge in [-0.3, -0.25) is 14.4 Å². The molecule has 0 saturated carbocycles. The van der Waals surface area contributed by atoms with Gasteiger partial charge in [-0.05, 0) is 50.7 Å². The smallest absolute Gasteiger partial charge is 0.313 e. The van der Waals surface area contributed by atoms with E-state index >= 15 is 0 Å². The van der Waals surface area contributed by atoms with Crippen LogP contribution in [0.15, 0.2) is 47.3 Å². The number of amides is 1. The molecule has 1 atom stereocenters. The first kappa shape index (κ1) is 20.8. The SMILES string of the molecule is CCOC(=O)C1(CCCc2ccccc2)CCCN(C(=O)c2ccc(=O)[nH]n2)C1. The van der Waals surface area contributed by atoms with Crippen LogP contribution in [-0.2, 0) is 16.0 Å². The molecule has 2 aromatic rings. The van der Waals surface area contributed by atoms with E-state index in [2.05, 4.69) is 22.3 Å². The van der Waals surface area contributed by atoms with Crippen LogP contribution in [0.1, 0.15) is 48.7 Å². The molecule has 7 nitrogen and oxygen atoms in total. The lowest BCUT2D eigenvalue weighted by Crippen LogP contribution is -2.50. The molecule has 1 aliphatic rings. The van der Waals surface area contributed by atoms with Gasteiger partial charge < -0.3 is 9.64 Å². The van der Waals surface area contributed by atoms with Crippen LogP contribution >= 0.6 is 0 Å². The monoisotopic (exact) mass is 397 g/mol. The fourth-order valence-electron chi connectivity index (χ4n) is 3.96. The summed E-state index contributed by atoms with van der Waals surface area (Å²) in [6.45, 7) is 2.97. The highest BCUT2D eigenvalue weighted by atomic mass is 16.5. The predicted octanol–water partition coefficient (Wildman–Crippen LogP) is 2.58. The summed E-state index contributed by atoms with van der Waals surface area (Å²) in [7, 11) is 0. The fraction of sp³-hybridized carbons (Fsp3) is 0.455. The highest BCUT2D eigenvalue weighted by Crippen LogP contribution is 2.37. The summed E-state index contributed by atoms with van der Waals surface area (Å²) in [5, 5.41) is 6.13. The van der Waals surface area contributed by atoms with E-state index in [1.54, 1.807) is 11.8 Å². The van der Waals surface area contributed by atoms with Gasteiger partial charge in [0.1, 0.15) is 5.69 Å². The normalized spacial score (nSPS) is 19.0. The second kappa shape index (κ2) is 9.49. The zero-order valence-corrected chi connectivity index (χ0v) is 16.7. The van der Waals surface area contributed by atoms with Crippen LogP contribution in [0, 0.1) is 5.41 Å². The number of hydrogen-bond donors (Lipinski definition) is 1. The second-order valence-corrected chi connectivity index (χ2v) is 7.48. The fourth-order valence-corrected chi connectivity index (χ4v) is 3.96. The molecule has 0 radical (unpaired) electrons. The highest BCUT2D eigenvalue weighted by Gasteiger charge is 2.44. The van der Waals surface area contributed by atoms with Crippen LogP contribution < -0.4 is 5.56 Å². The van der Waals surface area contributed by atoms with Gasteiger partial charge >= 0.3 is 5.97 Å². The Bertz CT molecular complexity index is 876. The number of piperidine rings is 1.